The molecule has 5 heteroatoms. The maximum absolute atomic E-state index is 13.0. The van der Waals surface area contributed by atoms with Crippen LogP contribution in [-0.2, 0) is 5.54 Å². The molecule has 0 radical (unpaired) electrons. The number of aliphatic hydroxyl groups excluding tert-OH is 1. The fraction of sp³-hybridized carbons (Fsp3) is 0.409. The number of hydrogen-bond donors (Lipinski definition) is 2. The Morgan fingerprint density at radius 1 is 1.19 bits per heavy atom. The van der Waals surface area contributed by atoms with Gasteiger partial charge in [0.05, 0.1) is 11.6 Å². The fourth-order valence-electron chi connectivity index (χ4n) is 3.84. The first-order valence-electron chi connectivity index (χ1n) is 9.47. The molecule has 3 rings (SSSR count). The zero-order chi connectivity index (χ0) is 19.4. The molecule has 4 nitrogen and oxygen atoms in total. The van der Waals surface area contributed by atoms with E-state index < -0.39 is 5.54 Å². The van der Waals surface area contributed by atoms with Crippen LogP contribution in [0.3, 0.4) is 0 Å². The van der Waals surface area contributed by atoms with Crippen molar-refractivity contribution in [2.75, 3.05) is 13.2 Å². The SMILES string of the molecule is Cc1ccc([C@@]2(CCCO)CCN([C@@H](C)c3ccc(Cl)cc3)C(=O)N2)cc1. The van der Waals surface area contributed by atoms with Gasteiger partial charge in [0.15, 0.2) is 0 Å². The minimum atomic E-state index is -0.427. The van der Waals surface area contributed by atoms with Crippen molar-refractivity contribution in [3.05, 3.63) is 70.2 Å². The van der Waals surface area contributed by atoms with E-state index in [1.165, 1.54) is 5.56 Å². The molecule has 1 heterocycles. The molecule has 2 atom stereocenters. The molecule has 27 heavy (non-hydrogen) atoms. The van der Waals surface area contributed by atoms with Gasteiger partial charge in [0.2, 0.25) is 0 Å². The smallest absolute Gasteiger partial charge is 0.318 e. The number of aryl methyl sites for hydroxylation is 1. The normalized spacial score (nSPS) is 21.0. The lowest BCUT2D eigenvalue weighted by atomic mass is 9.80. The Hall–Kier alpha value is -2.04. The Labute approximate surface area is 166 Å². The number of rotatable bonds is 6. The van der Waals surface area contributed by atoms with E-state index in [-0.39, 0.29) is 18.7 Å². The highest BCUT2D eigenvalue weighted by molar-refractivity contribution is 6.30. The molecular formula is C22H27ClN2O2. The number of halogens is 1. The van der Waals surface area contributed by atoms with Gasteiger partial charge in [-0.2, -0.15) is 0 Å². The van der Waals surface area contributed by atoms with E-state index in [4.69, 9.17) is 11.6 Å². The summed E-state index contributed by atoms with van der Waals surface area (Å²) in [5.74, 6) is 0. The van der Waals surface area contributed by atoms with Crippen LogP contribution < -0.4 is 5.32 Å². The highest BCUT2D eigenvalue weighted by Crippen LogP contribution is 2.36. The number of carbonyl (C=O) groups excluding carboxylic acids is 1. The van der Waals surface area contributed by atoms with E-state index in [0.717, 1.165) is 24.0 Å². The van der Waals surface area contributed by atoms with Gasteiger partial charge in [-0.1, -0.05) is 53.6 Å². The summed E-state index contributed by atoms with van der Waals surface area (Å²) in [5.41, 5.74) is 2.93. The van der Waals surface area contributed by atoms with Crippen LogP contribution >= 0.6 is 11.6 Å². The van der Waals surface area contributed by atoms with E-state index in [9.17, 15) is 9.90 Å². The molecule has 0 saturated carbocycles. The fourth-order valence-corrected chi connectivity index (χ4v) is 3.97. The quantitative estimate of drug-likeness (QED) is 0.749. The summed E-state index contributed by atoms with van der Waals surface area (Å²) in [5, 5.41) is 13.3. The van der Waals surface area contributed by atoms with Gasteiger partial charge in [-0.25, -0.2) is 4.79 Å². The number of amides is 2. The number of hydrogen-bond acceptors (Lipinski definition) is 2. The molecule has 2 aromatic carbocycles. The first-order chi connectivity index (χ1) is 12.9. The molecule has 0 unspecified atom stereocenters. The monoisotopic (exact) mass is 386 g/mol. The van der Waals surface area contributed by atoms with E-state index >= 15 is 0 Å². The number of nitrogens with zero attached hydrogens (tertiary/aromatic N) is 1. The van der Waals surface area contributed by atoms with E-state index in [1.807, 2.05) is 36.1 Å². The summed E-state index contributed by atoms with van der Waals surface area (Å²) in [6.45, 7) is 4.87. The number of aliphatic hydroxyl groups is 1. The lowest BCUT2D eigenvalue weighted by molar-refractivity contribution is 0.117. The van der Waals surface area contributed by atoms with Crippen molar-refractivity contribution >= 4 is 17.6 Å². The Bertz CT molecular complexity index is 776. The minimum absolute atomic E-state index is 0.0314. The largest absolute Gasteiger partial charge is 0.396 e. The van der Waals surface area contributed by atoms with Crippen molar-refractivity contribution in [1.29, 1.82) is 0 Å². The van der Waals surface area contributed by atoms with Crippen molar-refractivity contribution in [2.45, 2.75) is 44.7 Å². The van der Waals surface area contributed by atoms with Gasteiger partial charge in [-0.15, -0.1) is 0 Å². The molecule has 1 saturated heterocycles. The number of nitrogens with one attached hydrogen (secondary N) is 1. The molecule has 2 aromatic rings. The zero-order valence-corrected chi connectivity index (χ0v) is 16.7. The second kappa shape index (κ2) is 8.32. The third-order valence-electron chi connectivity index (χ3n) is 5.57. The Balaban J connectivity index is 1.81. The van der Waals surface area contributed by atoms with Gasteiger partial charge >= 0.3 is 6.03 Å². The topological polar surface area (TPSA) is 52.6 Å². The Morgan fingerprint density at radius 3 is 2.44 bits per heavy atom. The van der Waals surface area contributed by atoms with Crippen molar-refractivity contribution in [3.63, 3.8) is 0 Å². The van der Waals surface area contributed by atoms with Crippen LogP contribution in [-0.4, -0.2) is 29.2 Å². The van der Waals surface area contributed by atoms with Crippen LogP contribution in [0.15, 0.2) is 48.5 Å². The summed E-state index contributed by atoms with van der Waals surface area (Å²) < 4.78 is 0. The third-order valence-corrected chi connectivity index (χ3v) is 5.82. The van der Waals surface area contributed by atoms with Gasteiger partial charge in [0, 0.05) is 18.2 Å². The first kappa shape index (κ1) is 19.7. The molecule has 1 fully saturated rings. The molecule has 0 spiro atoms. The van der Waals surface area contributed by atoms with Gasteiger partial charge in [0.25, 0.3) is 0 Å². The molecule has 144 valence electrons. The molecule has 2 N–H and O–H groups in total. The van der Waals surface area contributed by atoms with E-state index in [1.54, 1.807) is 0 Å². The summed E-state index contributed by atoms with van der Waals surface area (Å²) in [4.78, 5) is 14.9. The second-order valence-electron chi connectivity index (χ2n) is 7.38. The van der Waals surface area contributed by atoms with Crippen LogP contribution in [0.25, 0.3) is 0 Å². The van der Waals surface area contributed by atoms with Gasteiger partial charge in [-0.3, -0.25) is 0 Å². The first-order valence-corrected chi connectivity index (χ1v) is 9.85. The average molecular weight is 387 g/mol. The molecular weight excluding hydrogens is 360 g/mol. The number of carbonyl (C=O) groups is 1. The van der Waals surface area contributed by atoms with Gasteiger partial charge in [0.1, 0.15) is 0 Å². The van der Waals surface area contributed by atoms with Crippen molar-refractivity contribution in [2.24, 2.45) is 0 Å². The molecule has 0 aliphatic carbocycles. The van der Waals surface area contributed by atoms with E-state index in [0.29, 0.717) is 18.0 Å². The van der Waals surface area contributed by atoms with Crippen LogP contribution in [0.1, 0.15) is 48.9 Å². The second-order valence-corrected chi connectivity index (χ2v) is 7.81. The zero-order valence-electron chi connectivity index (χ0n) is 15.9. The summed E-state index contributed by atoms with van der Waals surface area (Å²) in [6.07, 6.45) is 2.18. The maximum Gasteiger partial charge on any atom is 0.318 e. The summed E-state index contributed by atoms with van der Waals surface area (Å²) in [7, 11) is 0. The van der Waals surface area contributed by atoms with Crippen LogP contribution in [0.4, 0.5) is 4.79 Å². The number of urea groups is 1. The Kier molecular flexibility index (Phi) is 6.08. The number of benzene rings is 2. The average Bonchev–Trinajstić information content (AvgIpc) is 2.67. The molecule has 0 aromatic heterocycles. The van der Waals surface area contributed by atoms with Crippen molar-refractivity contribution in [3.8, 4) is 0 Å². The molecule has 2 amide bonds. The van der Waals surface area contributed by atoms with Gasteiger partial charge < -0.3 is 15.3 Å². The maximum atomic E-state index is 13.0. The standard InChI is InChI=1S/C22H27ClN2O2/c1-16-4-8-19(9-5-16)22(12-3-15-26)13-14-25(21(27)24-22)17(2)18-6-10-20(23)11-7-18/h4-11,17,26H,3,12-15H2,1-2H3,(H,24,27)/t17-,22+/m0/s1. The lowest BCUT2D eigenvalue weighted by Crippen LogP contribution is -2.58. The highest BCUT2D eigenvalue weighted by atomic mass is 35.5. The third kappa shape index (κ3) is 4.28. The predicted molar refractivity (Wildman–Crippen MR) is 109 cm³/mol. The molecule has 0 bridgehead atoms. The summed E-state index contributed by atoms with van der Waals surface area (Å²) >= 11 is 5.98. The van der Waals surface area contributed by atoms with Gasteiger partial charge in [-0.05, 0) is 56.4 Å². The highest BCUT2D eigenvalue weighted by Gasteiger charge is 2.40. The minimum Gasteiger partial charge on any atom is -0.396 e. The molecule has 1 aliphatic heterocycles. The lowest BCUT2D eigenvalue weighted by Gasteiger charge is -2.45. The van der Waals surface area contributed by atoms with E-state index in [2.05, 4.69) is 36.5 Å². The Morgan fingerprint density at radius 2 is 1.85 bits per heavy atom. The van der Waals surface area contributed by atoms with Crippen LogP contribution in [0.2, 0.25) is 5.02 Å². The summed E-state index contributed by atoms with van der Waals surface area (Å²) in [6, 6.07) is 15.9. The van der Waals surface area contributed by atoms with Crippen molar-refractivity contribution < 1.29 is 9.90 Å². The van der Waals surface area contributed by atoms with Crippen LogP contribution in [0.5, 0.6) is 0 Å². The predicted octanol–water partition coefficient (Wildman–Crippen LogP) is 4.79. The molecule has 1 aliphatic rings. The van der Waals surface area contributed by atoms with Crippen LogP contribution in [0, 0.1) is 6.92 Å². The van der Waals surface area contributed by atoms with Crippen molar-refractivity contribution in [1.82, 2.24) is 10.2 Å².